The number of amides is 1. The summed E-state index contributed by atoms with van der Waals surface area (Å²) in [5, 5.41) is 17.4. The van der Waals surface area contributed by atoms with Crippen LogP contribution in [0.3, 0.4) is 0 Å². The molecule has 176 valence electrons. The lowest BCUT2D eigenvalue weighted by Gasteiger charge is -2.28. The number of hydrogen-bond acceptors (Lipinski definition) is 5. The molecule has 1 aromatic carbocycles. The number of aliphatic hydroxyl groups excluding tert-OH is 1. The van der Waals surface area contributed by atoms with Crippen LogP contribution >= 0.6 is 0 Å². The summed E-state index contributed by atoms with van der Waals surface area (Å²) in [7, 11) is 0. The standard InChI is InChI=1S/C25H43N3O3/c1-2-3-4-5-6-7-11-14-24(29)27-23(25(30)22-12-9-8-10-13-22)21-26-15-16-28-17-19-31-20-18-28/h8-10,12-13,23,25-26,30H,2-7,11,14-21H2,1H3,(H,27,29)/t23-,25-/m0/s1. The molecule has 0 bridgehead atoms. The number of hydrogen-bond donors (Lipinski definition) is 3. The summed E-state index contributed by atoms with van der Waals surface area (Å²) in [6, 6.07) is 9.25. The van der Waals surface area contributed by atoms with Crippen molar-refractivity contribution in [2.75, 3.05) is 45.9 Å². The van der Waals surface area contributed by atoms with E-state index in [2.05, 4.69) is 22.5 Å². The van der Waals surface area contributed by atoms with E-state index in [1.807, 2.05) is 30.3 Å². The van der Waals surface area contributed by atoms with E-state index in [9.17, 15) is 9.90 Å². The van der Waals surface area contributed by atoms with Gasteiger partial charge in [0.2, 0.25) is 5.91 Å². The quantitative estimate of drug-likeness (QED) is 0.349. The van der Waals surface area contributed by atoms with E-state index in [-0.39, 0.29) is 11.9 Å². The number of carbonyl (C=O) groups is 1. The van der Waals surface area contributed by atoms with Crippen LogP contribution in [0.15, 0.2) is 30.3 Å². The molecule has 0 spiro atoms. The third-order valence-electron chi connectivity index (χ3n) is 5.95. The maximum Gasteiger partial charge on any atom is 0.220 e. The van der Waals surface area contributed by atoms with Gasteiger partial charge in [0, 0.05) is 39.1 Å². The van der Waals surface area contributed by atoms with Crippen LogP contribution in [0.2, 0.25) is 0 Å². The molecule has 6 nitrogen and oxygen atoms in total. The van der Waals surface area contributed by atoms with E-state index < -0.39 is 6.10 Å². The average molecular weight is 434 g/mol. The van der Waals surface area contributed by atoms with E-state index >= 15 is 0 Å². The van der Waals surface area contributed by atoms with Crippen molar-refractivity contribution >= 4 is 5.91 Å². The minimum atomic E-state index is -0.727. The molecule has 6 heteroatoms. The number of nitrogens with one attached hydrogen (secondary N) is 2. The molecule has 0 saturated carbocycles. The molecule has 1 fully saturated rings. The Morgan fingerprint density at radius 3 is 2.45 bits per heavy atom. The Morgan fingerprint density at radius 1 is 1.06 bits per heavy atom. The third-order valence-corrected chi connectivity index (χ3v) is 5.95. The summed E-state index contributed by atoms with van der Waals surface area (Å²) in [6.45, 7) is 8.06. The number of carbonyl (C=O) groups excluding carboxylic acids is 1. The SMILES string of the molecule is CCCCCCCCCC(=O)N[C@@H](CNCCN1CCOCC1)[C@@H](O)c1ccccc1. The van der Waals surface area contributed by atoms with E-state index in [0.29, 0.717) is 13.0 Å². The molecule has 0 aromatic heterocycles. The van der Waals surface area contributed by atoms with Crippen LogP contribution < -0.4 is 10.6 Å². The van der Waals surface area contributed by atoms with Gasteiger partial charge in [-0.05, 0) is 12.0 Å². The maximum atomic E-state index is 12.5. The van der Waals surface area contributed by atoms with Crippen molar-refractivity contribution in [3.63, 3.8) is 0 Å². The maximum absolute atomic E-state index is 12.5. The Bertz CT molecular complexity index is 579. The van der Waals surface area contributed by atoms with Crippen molar-refractivity contribution in [1.29, 1.82) is 0 Å². The second-order valence-corrected chi connectivity index (χ2v) is 8.56. The van der Waals surface area contributed by atoms with Gasteiger partial charge >= 0.3 is 0 Å². The fourth-order valence-corrected chi connectivity index (χ4v) is 3.97. The molecule has 1 aliphatic heterocycles. The molecule has 3 N–H and O–H groups in total. The second kappa shape index (κ2) is 16.2. The first-order valence-corrected chi connectivity index (χ1v) is 12.2. The van der Waals surface area contributed by atoms with Gasteiger partial charge in [-0.2, -0.15) is 0 Å². The molecule has 2 rings (SSSR count). The Hall–Kier alpha value is -1.47. The summed E-state index contributed by atoms with van der Waals surface area (Å²) in [6.07, 6.45) is 8.13. The smallest absolute Gasteiger partial charge is 0.220 e. The van der Waals surface area contributed by atoms with Crippen LogP contribution in [-0.2, 0) is 9.53 Å². The predicted molar refractivity (Wildman–Crippen MR) is 126 cm³/mol. The van der Waals surface area contributed by atoms with E-state index in [1.54, 1.807) is 0 Å². The first-order chi connectivity index (χ1) is 15.2. The van der Waals surface area contributed by atoms with Gasteiger partial charge in [-0.1, -0.05) is 75.8 Å². The van der Waals surface area contributed by atoms with E-state index in [4.69, 9.17) is 4.74 Å². The van der Waals surface area contributed by atoms with Crippen molar-refractivity contribution in [3.05, 3.63) is 35.9 Å². The summed E-state index contributed by atoms with van der Waals surface area (Å²) in [5.74, 6) is 0.0310. The first kappa shape index (κ1) is 25.8. The average Bonchev–Trinajstić information content (AvgIpc) is 2.81. The minimum absolute atomic E-state index is 0.0310. The number of aliphatic hydroxyl groups is 1. The second-order valence-electron chi connectivity index (χ2n) is 8.56. The van der Waals surface area contributed by atoms with Gasteiger partial charge in [0.25, 0.3) is 0 Å². The number of nitrogens with zero attached hydrogens (tertiary/aromatic N) is 1. The highest BCUT2D eigenvalue weighted by Crippen LogP contribution is 2.17. The van der Waals surface area contributed by atoms with Crippen LogP contribution in [0.5, 0.6) is 0 Å². The fourth-order valence-electron chi connectivity index (χ4n) is 3.97. The molecular weight excluding hydrogens is 390 g/mol. The van der Waals surface area contributed by atoms with Crippen LogP contribution in [-0.4, -0.2) is 67.9 Å². The Balaban J connectivity index is 1.74. The zero-order chi connectivity index (χ0) is 22.2. The summed E-state index contributed by atoms with van der Waals surface area (Å²) >= 11 is 0. The molecule has 0 radical (unpaired) electrons. The van der Waals surface area contributed by atoms with Crippen molar-refractivity contribution in [2.45, 2.75) is 70.4 Å². The third kappa shape index (κ3) is 11.1. The molecule has 0 unspecified atom stereocenters. The highest BCUT2D eigenvalue weighted by atomic mass is 16.5. The molecule has 1 saturated heterocycles. The Kier molecular flexibility index (Phi) is 13.5. The molecule has 1 amide bonds. The zero-order valence-corrected chi connectivity index (χ0v) is 19.4. The Labute approximate surface area is 188 Å². The largest absolute Gasteiger partial charge is 0.386 e. The highest BCUT2D eigenvalue weighted by Gasteiger charge is 2.22. The molecule has 31 heavy (non-hydrogen) atoms. The molecular formula is C25H43N3O3. The molecule has 1 aromatic rings. The predicted octanol–water partition coefficient (Wildman–Crippen LogP) is 3.27. The van der Waals surface area contributed by atoms with Crippen LogP contribution in [0.25, 0.3) is 0 Å². The number of unbranched alkanes of at least 4 members (excludes halogenated alkanes) is 6. The van der Waals surface area contributed by atoms with Gasteiger partial charge in [0.05, 0.1) is 19.3 Å². The van der Waals surface area contributed by atoms with E-state index in [0.717, 1.165) is 57.8 Å². The minimum Gasteiger partial charge on any atom is -0.386 e. The van der Waals surface area contributed by atoms with Gasteiger partial charge in [0.15, 0.2) is 0 Å². The van der Waals surface area contributed by atoms with Gasteiger partial charge in [-0.25, -0.2) is 0 Å². The number of benzene rings is 1. The lowest BCUT2D eigenvalue weighted by atomic mass is 10.0. The van der Waals surface area contributed by atoms with Crippen LogP contribution in [0.1, 0.15) is 70.0 Å². The molecule has 1 heterocycles. The summed E-state index contributed by atoms with van der Waals surface area (Å²) in [5.41, 5.74) is 0.832. The lowest BCUT2D eigenvalue weighted by Crippen LogP contribution is -2.47. The van der Waals surface area contributed by atoms with Crippen molar-refractivity contribution in [1.82, 2.24) is 15.5 Å². The molecule has 1 aliphatic rings. The monoisotopic (exact) mass is 433 g/mol. The van der Waals surface area contributed by atoms with Gasteiger partial charge in [0.1, 0.15) is 6.10 Å². The topological polar surface area (TPSA) is 73.8 Å². The van der Waals surface area contributed by atoms with Crippen molar-refractivity contribution in [3.8, 4) is 0 Å². The number of rotatable bonds is 16. The Morgan fingerprint density at radius 2 is 1.74 bits per heavy atom. The number of ether oxygens (including phenoxy) is 1. The molecule has 2 atom stereocenters. The zero-order valence-electron chi connectivity index (χ0n) is 19.4. The van der Waals surface area contributed by atoms with Crippen LogP contribution in [0, 0.1) is 0 Å². The van der Waals surface area contributed by atoms with Crippen molar-refractivity contribution in [2.24, 2.45) is 0 Å². The highest BCUT2D eigenvalue weighted by molar-refractivity contribution is 5.76. The molecule has 0 aliphatic carbocycles. The normalized spacial score (nSPS) is 16.7. The van der Waals surface area contributed by atoms with E-state index in [1.165, 1.54) is 32.1 Å². The fraction of sp³-hybridized carbons (Fsp3) is 0.720. The summed E-state index contributed by atoms with van der Waals surface area (Å²) < 4.78 is 5.39. The van der Waals surface area contributed by atoms with Crippen molar-refractivity contribution < 1.29 is 14.6 Å². The number of morpholine rings is 1. The van der Waals surface area contributed by atoms with Gasteiger partial charge < -0.3 is 20.5 Å². The lowest BCUT2D eigenvalue weighted by molar-refractivity contribution is -0.122. The summed E-state index contributed by atoms with van der Waals surface area (Å²) in [4.78, 5) is 14.9. The first-order valence-electron chi connectivity index (χ1n) is 12.2. The van der Waals surface area contributed by atoms with Gasteiger partial charge in [-0.15, -0.1) is 0 Å². The van der Waals surface area contributed by atoms with Gasteiger partial charge in [-0.3, -0.25) is 9.69 Å². The van der Waals surface area contributed by atoms with Crippen LogP contribution in [0.4, 0.5) is 0 Å².